The summed E-state index contributed by atoms with van der Waals surface area (Å²) in [4.78, 5) is 28.3. The van der Waals surface area contributed by atoms with Crippen molar-refractivity contribution < 1.29 is 9.72 Å². The topological polar surface area (TPSA) is 112 Å². The lowest BCUT2D eigenvalue weighted by Crippen LogP contribution is -2.13. The largest absolute Gasteiger partial charge is 0.372 e. The van der Waals surface area contributed by atoms with Crippen molar-refractivity contribution in [1.29, 1.82) is 5.26 Å². The van der Waals surface area contributed by atoms with Crippen molar-refractivity contribution in [1.82, 2.24) is 4.98 Å². The molecule has 0 aliphatic carbocycles. The minimum Gasteiger partial charge on any atom is -0.372 e. The Morgan fingerprint density at radius 1 is 1.50 bits per heavy atom. The Hall–Kier alpha value is -3.25. The summed E-state index contributed by atoms with van der Waals surface area (Å²) in [6, 6.07) is 6.29. The lowest BCUT2D eigenvalue weighted by Gasteiger charge is -2.12. The molecule has 1 amide bonds. The van der Waals surface area contributed by atoms with Crippen LogP contribution < -0.4 is 10.2 Å². The van der Waals surface area contributed by atoms with E-state index in [1.807, 2.05) is 0 Å². The smallest absolute Gasteiger partial charge is 0.293 e. The first-order valence-electron chi connectivity index (χ1n) is 6.70. The second kappa shape index (κ2) is 7.34. The van der Waals surface area contributed by atoms with Crippen molar-refractivity contribution >= 4 is 39.8 Å². The normalized spacial score (nSPS) is 10.8. The number of carbonyl (C=O) groups excluding carboxylic acids is 1. The van der Waals surface area contributed by atoms with Crippen molar-refractivity contribution in [3.05, 3.63) is 51.0 Å². The van der Waals surface area contributed by atoms with Crippen molar-refractivity contribution in [2.45, 2.75) is 0 Å². The van der Waals surface area contributed by atoms with E-state index < -0.39 is 10.8 Å². The molecule has 122 valence electrons. The molecule has 0 fully saturated rings. The fourth-order valence-corrected chi connectivity index (χ4v) is 2.44. The third-order valence-electron chi connectivity index (χ3n) is 3.01. The molecule has 0 saturated carbocycles. The maximum atomic E-state index is 12.1. The molecule has 2 rings (SSSR count). The molecule has 0 spiro atoms. The van der Waals surface area contributed by atoms with Gasteiger partial charge in [-0.25, -0.2) is 4.98 Å². The fraction of sp³-hybridized carbons (Fsp3) is 0.133. The van der Waals surface area contributed by atoms with Crippen LogP contribution >= 0.6 is 11.3 Å². The molecule has 0 aliphatic heterocycles. The van der Waals surface area contributed by atoms with Gasteiger partial charge >= 0.3 is 0 Å². The highest BCUT2D eigenvalue weighted by Crippen LogP contribution is 2.28. The number of nitro groups is 1. The van der Waals surface area contributed by atoms with Gasteiger partial charge in [-0.2, -0.15) is 5.26 Å². The van der Waals surface area contributed by atoms with E-state index in [0.29, 0.717) is 16.4 Å². The molecule has 8 nitrogen and oxygen atoms in total. The van der Waals surface area contributed by atoms with Gasteiger partial charge in [0.2, 0.25) is 0 Å². The molecule has 0 atom stereocenters. The zero-order valence-corrected chi connectivity index (χ0v) is 13.7. The van der Waals surface area contributed by atoms with E-state index in [0.717, 1.165) is 0 Å². The van der Waals surface area contributed by atoms with Gasteiger partial charge in [-0.05, 0) is 17.7 Å². The molecule has 9 heteroatoms. The molecule has 1 heterocycles. The molecule has 0 unspecified atom stereocenters. The van der Waals surface area contributed by atoms with Crippen molar-refractivity contribution in [2.75, 3.05) is 24.3 Å². The number of nitriles is 1. The van der Waals surface area contributed by atoms with Crippen LogP contribution in [-0.2, 0) is 4.79 Å². The van der Waals surface area contributed by atoms with Crippen LogP contribution in [0.3, 0.4) is 0 Å². The lowest BCUT2D eigenvalue weighted by atomic mass is 10.1. The molecular formula is C15H13N5O3S. The number of amides is 1. The third-order valence-corrected chi connectivity index (χ3v) is 3.70. The van der Waals surface area contributed by atoms with Crippen molar-refractivity contribution in [3.8, 4) is 6.07 Å². The lowest BCUT2D eigenvalue weighted by molar-refractivity contribution is -0.384. The van der Waals surface area contributed by atoms with Crippen LogP contribution in [0.1, 0.15) is 5.56 Å². The molecule has 1 N–H and O–H groups in total. The Morgan fingerprint density at radius 3 is 2.79 bits per heavy atom. The fourth-order valence-electron chi connectivity index (χ4n) is 1.92. The van der Waals surface area contributed by atoms with Crippen LogP contribution in [0.15, 0.2) is 35.3 Å². The minimum absolute atomic E-state index is 0.105. The number of rotatable bonds is 5. The summed E-state index contributed by atoms with van der Waals surface area (Å²) in [7, 11) is 3.39. The van der Waals surface area contributed by atoms with Crippen LogP contribution in [0.25, 0.3) is 6.08 Å². The van der Waals surface area contributed by atoms with Gasteiger partial charge in [-0.3, -0.25) is 20.2 Å². The monoisotopic (exact) mass is 343 g/mol. The minimum atomic E-state index is -0.619. The number of hydrogen-bond acceptors (Lipinski definition) is 7. The molecule has 1 aromatic carbocycles. The maximum Gasteiger partial charge on any atom is 0.293 e. The van der Waals surface area contributed by atoms with Gasteiger partial charge in [0.05, 0.1) is 4.92 Å². The van der Waals surface area contributed by atoms with Gasteiger partial charge in [-0.15, -0.1) is 11.3 Å². The predicted octanol–water partition coefficient (Wildman–Crippen LogP) is 2.66. The maximum absolute atomic E-state index is 12.1. The molecular weight excluding hydrogens is 330 g/mol. The van der Waals surface area contributed by atoms with E-state index in [-0.39, 0.29) is 11.3 Å². The molecule has 2 aromatic rings. The summed E-state index contributed by atoms with van der Waals surface area (Å²) in [5, 5.41) is 24.9. The van der Waals surface area contributed by atoms with Crippen LogP contribution in [0.4, 0.5) is 16.5 Å². The first-order valence-corrected chi connectivity index (χ1v) is 7.58. The van der Waals surface area contributed by atoms with E-state index >= 15 is 0 Å². The second-order valence-corrected chi connectivity index (χ2v) is 5.76. The predicted molar refractivity (Wildman–Crippen MR) is 91.8 cm³/mol. The van der Waals surface area contributed by atoms with Gasteiger partial charge in [0, 0.05) is 31.7 Å². The zero-order chi connectivity index (χ0) is 17.7. The molecule has 24 heavy (non-hydrogen) atoms. The summed E-state index contributed by atoms with van der Waals surface area (Å²) in [6.45, 7) is 0. The number of anilines is 2. The number of thiazole rings is 1. The van der Waals surface area contributed by atoms with E-state index in [4.69, 9.17) is 5.26 Å². The van der Waals surface area contributed by atoms with Gasteiger partial charge in [0.25, 0.3) is 11.6 Å². The first kappa shape index (κ1) is 17.1. The summed E-state index contributed by atoms with van der Waals surface area (Å²) in [5.74, 6) is -0.619. The highest BCUT2D eigenvalue weighted by atomic mass is 32.1. The standard InChI is InChI=1S/C15H13N5O3S/c1-19(2)12-4-3-10(8-13(12)20(22)23)7-11(9-16)14(21)18-15-17-5-6-24-15/h3-8H,1-2H3,(H,17,18,21)/b11-7+. The molecule has 0 radical (unpaired) electrons. The van der Waals surface area contributed by atoms with Crippen LogP contribution in [-0.4, -0.2) is 29.9 Å². The van der Waals surface area contributed by atoms with E-state index in [1.165, 1.54) is 29.7 Å². The Bertz CT molecular complexity index is 837. The molecule has 0 aliphatic rings. The summed E-state index contributed by atoms with van der Waals surface area (Å²) >= 11 is 1.22. The number of nitro benzene ring substituents is 1. The van der Waals surface area contributed by atoms with Crippen molar-refractivity contribution in [2.24, 2.45) is 0 Å². The van der Waals surface area contributed by atoms with E-state index in [9.17, 15) is 14.9 Å². The number of nitrogens with zero attached hydrogens (tertiary/aromatic N) is 4. The first-order chi connectivity index (χ1) is 11.4. The van der Waals surface area contributed by atoms with Crippen molar-refractivity contribution in [3.63, 3.8) is 0 Å². The number of carbonyl (C=O) groups is 1. The van der Waals surface area contributed by atoms with Gasteiger partial charge in [-0.1, -0.05) is 6.07 Å². The second-order valence-electron chi connectivity index (χ2n) is 4.86. The third kappa shape index (κ3) is 3.93. The Morgan fingerprint density at radius 2 is 2.25 bits per heavy atom. The van der Waals surface area contributed by atoms with Crippen LogP contribution in [0, 0.1) is 21.4 Å². The Balaban J connectivity index is 2.34. The number of aromatic nitrogens is 1. The Labute approximate surface area is 141 Å². The highest BCUT2D eigenvalue weighted by molar-refractivity contribution is 7.13. The molecule has 0 bridgehead atoms. The summed E-state index contributed by atoms with van der Waals surface area (Å²) < 4.78 is 0. The molecule has 0 saturated heterocycles. The number of nitrogens with one attached hydrogen (secondary N) is 1. The van der Waals surface area contributed by atoms with Gasteiger partial charge in [0.1, 0.15) is 17.3 Å². The Kier molecular flexibility index (Phi) is 5.23. The quantitative estimate of drug-likeness (QED) is 0.386. The molecule has 1 aromatic heterocycles. The van der Waals surface area contributed by atoms with Crippen LogP contribution in [0.5, 0.6) is 0 Å². The van der Waals surface area contributed by atoms with E-state index in [1.54, 1.807) is 42.6 Å². The number of hydrogen-bond donors (Lipinski definition) is 1. The zero-order valence-electron chi connectivity index (χ0n) is 12.9. The summed E-state index contributed by atoms with van der Waals surface area (Å²) in [6.07, 6.45) is 2.83. The number of benzene rings is 1. The SMILES string of the molecule is CN(C)c1ccc(/C=C(\C#N)C(=O)Nc2nccs2)cc1[N+](=O)[O-]. The average Bonchev–Trinajstić information content (AvgIpc) is 3.04. The van der Waals surface area contributed by atoms with E-state index in [2.05, 4.69) is 10.3 Å². The highest BCUT2D eigenvalue weighted by Gasteiger charge is 2.17. The van der Waals surface area contributed by atoms with Gasteiger partial charge in [0.15, 0.2) is 5.13 Å². The van der Waals surface area contributed by atoms with Gasteiger partial charge < -0.3 is 4.90 Å². The average molecular weight is 343 g/mol. The summed E-state index contributed by atoms with van der Waals surface area (Å²) in [5.41, 5.74) is 0.546. The van der Waals surface area contributed by atoms with Crippen LogP contribution in [0.2, 0.25) is 0 Å².